The fourth-order valence-electron chi connectivity index (χ4n) is 0.388. The third kappa shape index (κ3) is 2.16. The second kappa shape index (κ2) is 2.99. The van der Waals surface area contributed by atoms with E-state index < -0.39 is 0 Å². The normalized spacial score (nSPS) is 11.6. The summed E-state index contributed by atoms with van der Waals surface area (Å²) in [6.45, 7) is 8.13. The van der Waals surface area contributed by atoms with Gasteiger partial charge in [0, 0.05) is 12.0 Å². The Hall–Kier alpha value is -0.340. The van der Waals surface area contributed by atoms with E-state index in [4.69, 9.17) is 10.8 Å². The third-order valence-corrected chi connectivity index (χ3v) is 1.60. The molecule has 0 aliphatic heterocycles. The minimum atomic E-state index is -0.214. The molecule has 0 bridgehead atoms. The summed E-state index contributed by atoms with van der Waals surface area (Å²) in [6.07, 6.45) is 0. The molecule has 0 fully saturated rings. The monoisotopic (exact) mass is 129 g/mol. The lowest BCUT2D eigenvalue weighted by atomic mass is 9.86. The van der Waals surface area contributed by atoms with Gasteiger partial charge in [0.25, 0.3) is 0 Å². The molecule has 0 aromatic heterocycles. The van der Waals surface area contributed by atoms with Crippen LogP contribution in [0.3, 0.4) is 0 Å². The molecule has 0 rings (SSSR count). The van der Waals surface area contributed by atoms with Crippen LogP contribution in [0.15, 0.2) is 12.2 Å². The average molecular weight is 129 g/mol. The summed E-state index contributed by atoms with van der Waals surface area (Å²) in [5.74, 6) is 0. The topological polar surface area (TPSA) is 46.2 Å². The Bertz CT molecular complexity index is 107. The van der Waals surface area contributed by atoms with Crippen LogP contribution in [-0.4, -0.2) is 18.3 Å². The molecule has 2 heteroatoms. The van der Waals surface area contributed by atoms with Gasteiger partial charge in [-0.15, -0.1) is 0 Å². The van der Waals surface area contributed by atoms with Gasteiger partial charge in [-0.2, -0.15) is 0 Å². The zero-order valence-electron chi connectivity index (χ0n) is 6.15. The van der Waals surface area contributed by atoms with Gasteiger partial charge in [0.15, 0.2) is 0 Å². The van der Waals surface area contributed by atoms with Crippen LogP contribution in [-0.2, 0) is 0 Å². The van der Waals surface area contributed by atoms with E-state index in [0.717, 1.165) is 5.57 Å². The highest BCUT2D eigenvalue weighted by Gasteiger charge is 2.18. The number of aliphatic hydroxyl groups is 1. The molecule has 2 nitrogen and oxygen atoms in total. The SMILES string of the molecule is C=C(CN)C(C)(C)CO. The number of nitrogens with two attached hydrogens (primary N) is 1. The molecule has 3 N–H and O–H groups in total. The molecular weight excluding hydrogens is 114 g/mol. The molecule has 0 aromatic rings. The van der Waals surface area contributed by atoms with E-state index in [-0.39, 0.29) is 12.0 Å². The lowest BCUT2D eigenvalue weighted by molar-refractivity contribution is 0.189. The molecule has 9 heavy (non-hydrogen) atoms. The Morgan fingerprint density at radius 1 is 1.67 bits per heavy atom. The van der Waals surface area contributed by atoms with Crippen molar-refractivity contribution in [3.63, 3.8) is 0 Å². The standard InChI is InChI=1S/C7H15NO/c1-6(4-8)7(2,3)5-9/h9H,1,4-5,8H2,2-3H3. The second-order valence-electron chi connectivity index (χ2n) is 2.85. The van der Waals surface area contributed by atoms with Crippen molar-refractivity contribution >= 4 is 0 Å². The minimum Gasteiger partial charge on any atom is -0.395 e. The fourth-order valence-corrected chi connectivity index (χ4v) is 0.388. The lowest BCUT2D eigenvalue weighted by Crippen LogP contribution is -2.23. The maximum Gasteiger partial charge on any atom is 0.0519 e. The van der Waals surface area contributed by atoms with Gasteiger partial charge in [0.2, 0.25) is 0 Å². The Morgan fingerprint density at radius 3 is 2.22 bits per heavy atom. The van der Waals surface area contributed by atoms with Crippen LogP contribution in [0.1, 0.15) is 13.8 Å². The van der Waals surface area contributed by atoms with E-state index in [2.05, 4.69) is 6.58 Å². The predicted octanol–water partition coefficient (Wildman–Crippen LogP) is 0.520. The minimum absolute atomic E-state index is 0.114. The van der Waals surface area contributed by atoms with E-state index >= 15 is 0 Å². The van der Waals surface area contributed by atoms with E-state index in [1.54, 1.807) is 0 Å². The van der Waals surface area contributed by atoms with Gasteiger partial charge in [-0.05, 0) is 0 Å². The summed E-state index contributed by atoms with van der Waals surface area (Å²) in [5, 5.41) is 8.78. The molecule has 0 aromatic carbocycles. The van der Waals surface area contributed by atoms with Gasteiger partial charge < -0.3 is 10.8 Å². The Balaban J connectivity index is 3.97. The van der Waals surface area contributed by atoms with Crippen molar-refractivity contribution in [1.29, 1.82) is 0 Å². The largest absolute Gasteiger partial charge is 0.395 e. The molecule has 0 amide bonds. The van der Waals surface area contributed by atoms with Crippen molar-refractivity contribution in [2.24, 2.45) is 11.1 Å². The Morgan fingerprint density at radius 2 is 2.11 bits per heavy atom. The molecule has 0 heterocycles. The Labute approximate surface area is 56.4 Å². The quantitative estimate of drug-likeness (QED) is 0.546. The Kier molecular flexibility index (Phi) is 2.88. The molecule has 0 atom stereocenters. The molecule has 0 spiro atoms. The molecule has 0 saturated carbocycles. The fraction of sp³-hybridized carbons (Fsp3) is 0.714. The van der Waals surface area contributed by atoms with Crippen molar-refractivity contribution in [3.8, 4) is 0 Å². The van der Waals surface area contributed by atoms with Crippen LogP contribution >= 0.6 is 0 Å². The van der Waals surface area contributed by atoms with Gasteiger partial charge in [-0.1, -0.05) is 26.0 Å². The van der Waals surface area contributed by atoms with Crippen LogP contribution in [0.2, 0.25) is 0 Å². The summed E-state index contributed by atoms with van der Waals surface area (Å²) < 4.78 is 0. The van der Waals surface area contributed by atoms with E-state index in [0.29, 0.717) is 6.54 Å². The van der Waals surface area contributed by atoms with Crippen LogP contribution < -0.4 is 5.73 Å². The van der Waals surface area contributed by atoms with Crippen molar-refractivity contribution in [1.82, 2.24) is 0 Å². The molecule has 0 aliphatic rings. The maximum absolute atomic E-state index is 8.78. The van der Waals surface area contributed by atoms with Crippen LogP contribution in [0.4, 0.5) is 0 Å². The summed E-state index contributed by atoms with van der Waals surface area (Å²) in [4.78, 5) is 0. The van der Waals surface area contributed by atoms with Crippen molar-refractivity contribution in [2.45, 2.75) is 13.8 Å². The zero-order chi connectivity index (χ0) is 7.49. The summed E-state index contributed by atoms with van der Waals surface area (Å²) in [6, 6.07) is 0. The van der Waals surface area contributed by atoms with Gasteiger partial charge in [0.1, 0.15) is 0 Å². The van der Waals surface area contributed by atoms with E-state index in [9.17, 15) is 0 Å². The van der Waals surface area contributed by atoms with Gasteiger partial charge >= 0.3 is 0 Å². The summed E-state index contributed by atoms with van der Waals surface area (Å²) in [5.41, 5.74) is 6.00. The van der Waals surface area contributed by atoms with Crippen molar-refractivity contribution in [2.75, 3.05) is 13.2 Å². The highest BCUT2D eigenvalue weighted by Crippen LogP contribution is 2.21. The highest BCUT2D eigenvalue weighted by molar-refractivity contribution is 5.07. The maximum atomic E-state index is 8.78. The van der Waals surface area contributed by atoms with Crippen LogP contribution in [0.5, 0.6) is 0 Å². The number of rotatable bonds is 3. The first-order valence-corrected chi connectivity index (χ1v) is 3.04. The van der Waals surface area contributed by atoms with Gasteiger partial charge in [0.05, 0.1) is 6.61 Å². The van der Waals surface area contributed by atoms with Crippen molar-refractivity contribution in [3.05, 3.63) is 12.2 Å². The molecular formula is C7H15NO. The molecule has 0 unspecified atom stereocenters. The molecule has 0 radical (unpaired) electrons. The van der Waals surface area contributed by atoms with Crippen molar-refractivity contribution < 1.29 is 5.11 Å². The smallest absolute Gasteiger partial charge is 0.0519 e. The van der Waals surface area contributed by atoms with Crippen LogP contribution in [0, 0.1) is 5.41 Å². The third-order valence-electron chi connectivity index (χ3n) is 1.60. The summed E-state index contributed by atoms with van der Waals surface area (Å²) >= 11 is 0. The van der Waals surface area contributed by atoms with Crippen LogP contribution in [0.25, 0.3) is 0 Å². The summed E-state index contributed by atoms with van der Waals surface area (Å²) in [7, 11) is 0. The van der Waals surface area contributed by atoms with Gasteiger partial charge in [-0.25, -0.2) is 0 Å². The number of aliphatic hydroxyl groups excluding tert-OH is 1. The molecule has 54 valence electrons. The second-order valence-corrected chi connectivity index (χ2v) is 2.85. The first-order chi connectivity index (χ1) is 4.04. The zero-order valence-corrected chi connectivity index (χ0v) is 6.15. The molecule has 0 aliphatic carbocycles. The van der Waals surface area contributed by atoms with E-state index in [1.165, 1.54) is 0 Å². The average Bonchev–Trinajstić information content (AvgIpc) is 1.86. The lowest BCUT2D eigenvalue weighted by Gasteiger charge is -2.23. The molecule has 0 saturated heterocycles. The predicted molar refractivity (Wildman–Crippen MR) is 39.1 cm³/mol. The number of hydrogen-bond donors (Lipinski definition) is 2. The highest BCUT2D eigenvalue weighted by atomic mass is 16.3. The number of hydrogen-bond acceptors (Lipinski definition) is 2. The first-order valence-electron chi connectivity index (χ1n) is 3.04. The first kappa shape index (κ1) is 8.66. The van der Waals surface area contributed by atoms with E-state index in [1.807, 2.05) is 13.8 Å². The van der Waals surface area contributed by atoms with Gasteiger partial charge in [-0.3, -0.25) is 0 Å².